The van der Waals surface area contributed by atoms with E-state index in [0.29, 0.717) is 41.7 Å². The Kier molecular flexibility index (Phi) is 7.97. The molecule has 1 aromatic heterocycles. The molecular weight excluding hydrogens is 516 g/mol. The lowest BCUT2D eigenvalue weighted by Crippen LogP contribution is -2.42. The Bertz CT molecular complexity index is 1440. The highest BCUT2D eigenvalue weighted by atomic mass is 35.5. The first-order valence-corrected chi connectivity index (χ1v) is 13.4. The average molecular weight is 549 g/mol. The van der Waals surface area contributed by atoms with Crippen LogP contribution in [-0.4, -0.2) is 52.9 Å². The van der Waals surface area contributed by atoms with E-state index in [2.05, 4.69) is 10.3 Å². The number of rotatable bonds is 8. The monoisotopic (exact) mass is 548 g/mol. The number of nitrogens with zero attached hydrogens (tertiary/aromatic N) is 1. The van der Waals surface area contributed by atoms with E-state index < -0.39 is 18.2 Å². The third-order valence-electron chi connectivity index (χ3n) is 6.80. The summed E-state index contributed by atoms with van der Waals surface area (Å²) in [7, 11) is 0. The number of H-pyrrole nitrogens is 1. The summed E-state index contributed by atoms with van der Waals surface area (Å²) in [5.74, 6) is 1.06. The summed E-state index contributed by atoms with van der Waals surface area (Å²) in [4.78, 5) is 18.7. The lowest BCUT2D eigenvalue weighted by molar-refractivity contribution is 0.104. The summed E-state index contributed by atoms with van der Waals surface area (Å²) < 4.78 is 11.5. The van der Waals surface area contributed by atoms with Crippen LogP contribution in [0.1, 0.15) is 36.7 Å². The molecule has 0 saturated carbocycles. The van der Waals surface area contributed by atoms with Crippen molar-refractivity contribution in [2.45, 2.75) is 38.5 Å². The summed E-state index contributed by atoms with van der Waals surface area (Å²) in [6, 6.07) is 20.0. The smallest absolute Gasteiger partial charge is 0.416 e. The van der Waals surface area contributed by atoms with Crippen LogP contribution >= 0.6 is 11.6 Å². The highest BCUT2D eigenvalue weighted by molar-refractivity contribution is 6.30. The van der Waals surface area contributed by atoms with Gasteiger partial charge in [0.05, 0.1) is 0 Å². The van der Waals surface area contributed by atoms with Crippen molar-refractivity contribution in [2.75, 3.05) is 25.4 Å². The Morgan fingerprint density at radius 1 is 1.13 bits per heavy atom. The Morgan fingerprint density at radius 3 is 2.56 bits per heavy atom. The summed E-state index contributed by atoms with van der Waals surface area (Å²) in [5, 5.41) is 15.0. The highest BCUT2D eigenvalue weighted by Crippen LogP contribution is 2.39. The van der Waals surface area contributed by atoms with E-state index in [1.807, 2.05) is 56.3 Å². The molecule has 0 saturated heterocycles. The number of hydrogen-bond donors (Lipinski definition) is 4. The van der Waals surface area contributed by atoms with Crippen LogP contribution in [0, 0.1) is 0 Å². The molecule has 0 spiro atoms. The van der Waals surface area contributed by atoms with Crippen molar-refractivity contribution in [3.63, 3.8) is 0 Å². The molecular formula is C30H33ClN4O4. The zero-order chi connectivity index (χ0) is 27.5. The fourth-order valence-electron chi connectivity index (χ4n) is 4.88. The molecule has 8 nitrogen and oxygen atoms in total. The summed E-state index contributed by atoms with van der Waals surface area (Å²) >= 11 is 6.00. The molecule has 2 atom stereocenters. The van der Waals surface area contributed by atoms with Gasteiger partial charge >= 0.3 is 6.09 Å². The van der Waals surface area contributed by atoms with Gasteiger partial charge in [0.25, 0.3) is 0 Å². The van der Waals surface area contributed by atoms with Gasteiger partial charge in [-0.3, -0.25) is 4.90 Å². The highest BCUT2D eigenvalue weighted by Gasteiger charge is 2.35. The van der Waals surface area contributed by atoms with Gasteiger partial charge in [-0.25, -0.2) is 4.79 Å². The van der Waals surface area contributed by atoms with Crippen LogP contribution in [0.15, 0.2) is 66.7 Å². The first kappa shape index (κ1) is 26.9. The molecule has 3 aromatic carbocycles. The second kappa shape index (κ2) is 11.6. The number of nitrogen functional groups attached to an aromatic ring is 1. The number of amides is 1. The molecule has 2 unspecified atom stereocenters. The maximum absolute atomic E-state index is 13.4. The number of fused-ring (bicyclic) bond motifs is 3. The largest absolute Gasteiger partial charge is 0.491 e. The number of aromatic amines is 1. The van der Waals surface area contributed by atoms with Gasteiger partial charge in [0.1, 0.15) is 30.3 Å². The molecule has 5 rings (SSSR count). The molecule has 5 N–H and O–H groups in total. The Balaban J connectivity index is 1.42. The predicted octanol–water partition coefficient (Wildman–Crippen LogP) is 5.29. The van der Waals surface area contributed by atoms with Gasteiger partial charge in [0.2, 0.25) is 0 Å². The number of carbonyl (C=O) groups excluding carboxylic acids is 1. The second-order valence-corrected chi connectivity index (χ2v) is 10.5. The Morgan fingerprint density at radius 2 is 1.85 bits per heavy atom. The number of aromatic nitrogens is 1. The zero-order valence-corrected chi connectivity index (χ0v) is 22.7. The number of anilines is 1. The number of hydrogen-bond acceptors (Lipinski definition) is 6. The Hall–Kier alpha value is -3.72. The van der Waals surface area contributed by atoms with Crippen molar-refractivity contribution >= 4 is 34.3 Å². The van der Waals surface area contributed by atoms with E-state index in [-0.39, 0.29) is 12.6 Å². The van der Waals surface area contributed by atoms with Crippen LogP contribution in [-0.2, 0) is 6.42 Å². The van der Waals surface area contributed by atoms with Crippen molar-refractivity contribution in [3.05, 3.63) is 88.6 Å². The van der Waals surface area contributed by atoms with Gasteiger partial charge < -0.3 is 30.6 Å². The van der Waals surface area contributed by atoms with E-state index in [1.165, 1.54) is 0 Å². The topological polar surface area (TPSA) is 113 Å². The van der Waals surface area contributed by atoms with Gasteiger partial charge in [-0.15, -0.1) is 0 Å². The number of aliphatic hydroxyl groups is 1. The summed E-state index contributed by atoms with van der Waals surface area (Å²) in [5.41, 5.74) is 10.7. The molecule has 39 heavy (non-hydrogen) atoms. The van der Waals surface area contributed by atoms with Crippen molar-refractivity contribution in [2.24, 2.45) is 0 Å². The third kappa shape index (κ3) is 6.14. The molecule has 0 radical (unpaired) electrons. The molecule has 1 aliphatic heterocycles. The van der Waals surface area contributed by atoms with Crippen LogP contribution in [0.2, 0.25) is 5.02 Å². The minimum atomic E-state index is -0.620. The predicted molar refractivity (Wildman–Crippen MR) is 154 cm³/mol. The molecule has 1 aliphatic rings. The van der Waals surface area contributed by atoms with Gasteiger partial charge in [0.15, 0.2) is 0 Å². The van der Waals surface area contributed by atoms with Crippen LogP contribution < -0.4 is 20.5 Å². The normalized spacial score (nSPS) is 15.8. The number of aliphatic hydroxyl groups excluding tert-OH is 1. The standard InChI is InChI=1S/C30H33ClN4O4/c1-18(2)33-16-22(36)17-38-23-8-3-19(4-9-23)29-28-25(26-15-21(32)7-12-27(26)34-28)13-14-35(29)30(37)39-24-10-5-20(31)6-11-24/h3-12,15,18,22,29,33-34,36H,13-14,16-17,32H2,1-2H3. The van der Waals surface area contributed by atoms with Gasteiger partial charge in [-0.2, -0.15) is 0 Å². The molecule has 0 aliphatic carbocycles. The van der Waals surface area contributed by atoms with Gasteiger partial charge in [-0.1, -0.05) is 37.6 Å². The van der Waals surface area contributed by atoms with E-state index in [0.717, 1.165) is 27.7 Å². The van der Waals surface area contributed by atoms with E-state index in [4.69, 9.17) is 26.8 Å². The van der Waals surface area contributed by atoms with E-state index >= 15 is 0 Å². The van der Waals surface area contributed by atoms with Gasteiger partial charge in [-0.05, 0) is 72.1 Å². The first-order chi connectivity index (χ1) is 18.8. The minimum Gasteiger partial charge on any atom is -0.491 e. The maximum atomic E-state index is 13.4. The van der Waals surface area contributed by atoms with E-state index in [9.17, 15) is 9.90 Å². The van der Waals surface area contributed by atoms with Crippen molar-refractivity contribution < 1.29 is 19.4 Å². The summed E-state index contributed by atoms with van der Waals surface area (Å²) in [6.45, 7) is 5.16. The molecule has 0 bridgehead atoms. The third-order valence-corrected chi connectivity index (χ3v) is 7.06. The first-order valence-electron chi connectivity index (χ1n) is 13.1. The number of ether oxygens (including phenoxy) is 2. The van der Waals surface area contributed by atoms with Crippen molar-refractivity contribution in [1.29, 1.82) is 0 Å². The number of nitrogens with two attached hydrogens (primary N) is 1. The van der Waals surface area contributed by atoms with E-state index in [1.54, 1.807) is 29.2 Å². The van der Waals surface area contributed by atoms with Crippen LogP contribution in [0.3, 0.4) is 0 Å². The lowest BCUT2D eigenvalue weighted by Gasteiger charge is -2.35. The molecule has 4 aromatic rings. The summed E-state index contributed by atoms with van der Waals surface area (Å²) in [6.07, 6.45) is -0.411. The maximum Gasteiger partial charge on any atom is 0.416 e. The minimum absolute atomic E-state index is 0.176. The van der Waals surface area contributed by atoms with Crippen molar-refractivity contribution in [1.82, 2.24) is 15.2 Å². The number of carbonyl (C=O) groups is 1. The SMILES string of the molecule is CC(C)NCC(O)COc1ccc(C2c3[nH]c4ccc(N)cc4c3CCN2C(=O)Oc2ccc(Cl)cc2)cc1. The lowest BCUT2D eigenvalue weighted by atomic mass is 9.92. The quantitative estimate of drug-likeness (QED) is 0.223. The second-order valence-electron chi connectivity index (χ2n) is 10.1. The average Bonchev–Trinajstić information content (AvgIpc) is 3.29. The van der Waals surface area contributed by atoms with Crippen LogP contribution in [0.5, 0.6) is 11.5 Å². The molecule has 2 heterocycles. The van der Waals surface area contributed by atoms with Crippen LogP contribution in [0.4, 0.5) is 10.5 Å². The van der Waals surface area contributed by atoms with Crippen molar-refractivity contribution in [3.8, 4) is 11.5 Å². The molecule has 0 fully saturated rings. The van der Waals surface area contributed by atoms with Gasteiger partial charge in [0, 0.05) is 46.4 Å². The molecule has 1 amide bonds. The molecule has 204 valence electrons. The molecule has 9 heteroatoms. The fourth-order valence-corrected chi connectivity index (χ4v) is 5.01. The number of nitrogens with one attached hydrogen (secondary N) is 2. The van der Waals surface area contributed by atoms with Crippen LogP contribution in [0.25, 0.3) is 10.9 Å². The number of halogens is 1. The zero-order valence-electron chi connectivity index (χ0n) is 22.0. The number of benzene rings is 3. The Labute approximate surface area is 232 Å². The fraction of sp³-hybridized carbons (Fsp3) is 0.300.